The van der Waals surface area contributed by atoms with E-state index in [9.17, 15) is 19.2 Å². The molecule has 2 saturated heterocycles. The van der Waals surface area contributed by atoms with Crippen molar-refractivity contribution < 1.29 is 23.9 Å². The third kappa shape index (κ3) is 9.86. The minimum Gasteiger partial charge on any atom is -0.480 e. The highest BCUT2D eigenvalue weighted by Gasteiger charge is 2.30. The van der Waals surface area contributed by atoms with Gasteiger partial charge in [-0.05, 0) is 82.0 Å². The molecule has 2 heterocycles. The number of aldehydes is 1. The first kappa shape index (κ1) is 29.8. The minimum absolute atomic E-state index is 0.0198. The molecule has 0 aliphatic carbocycles. The van der Waals surface area contributed by atoms with E-state index >= 15 is 0 Å². The van der Waals surface area contributed by atoms with E-state index in [1.807, 2.05) is 18.2 Å². The Hall–Kier alpha value is -2.74. The van der Waals surface area contributed by atoms with E-state index in [0.29, 0.717) is 44.2 Å². The van der Waals surface area contributed by atoms with E-state index in [-0.39, 0.29) is 17.7 Å². The van der Waals surface area contributed by atoms with Gasteiger partial charge in [-0.1, -0.05) is 37.5 Å². The van der Waals surface area contributed by atoms with Crippen LogP contribution in [0.2, 0.25) is 0 Å². The second-order valence-electron chi connectivity index (χ2n) is 10.7. The van der Waals surface area contributed by atoms with Gasteiger partial charge in [-0.25, -0.2) is 0 Å². The Morgan fingerprint density at radius 2 is 1.82 bits per heavy atom. The number of likely N-dealkylation sites (tertiary alicyclic amines) is 1. The number of benzene rings is 1. The Morgan fingerprint density at radius 1 is 1.08 bits per heavy atom. The van der Waals surface area contributed by atoms with Crippen LogP contribution >= 0.6 is 0 Å². The van der Waals surface area contributed by atoms with E-state index in [1.54, 1.807) is 6.92 Å². The van der Waals surface area contributed by atoms with Crippen LogP contribution in [0.3, 0.4) is 0 Å². The summed E-state index contributed by atoms with van der Waals surface area (Å²) in [5.74, 6) is 0.565. The molecule has 0 radical (unpaired) electrons. The molecule has 210 valence electrons. The molecule has 0 aromatic heterocycles. The maximum atomic E-state index is 12.4. The number of hydrogen-bond donors (Lipinski definition) is 2. The van der Waals surface area contributed by atoms with E-state index < -0.39 is 6.10 Å². The number of unbranched alkanes of at least 4 members (excludes halogenated alkanes) is 4. The summed E-state index contributed by atoms with van der Waals surface area (Å²) < 4.78 is 6.20. The topological polar surface area (TPSA) is 105 Å². The standard InChI is InChI=1S/C30H45N3O5/c1-23(35)31-19-10-12-25(11-5-3-2-4-8-22-34)33-20-17-24(18-21-33)26-13-6-7-14-27(26)38-28-15-9-16-29(36)32-30(28)37/h6-7,13-14,22,24-25,28H,2-5,8-12,15-21H2,1H3,(H,31,35)(H,32,36,37). The van der Waals surface area contributed by atoms with Gasteiger partial charge < -0.3 is 19.7 Å². The third-order valence-electron chi connectivity index (χ3n) is 7.80. The summed E-state index contributed by atoms with van der Waals surface area (Å²) in [5, 5.41) is 5.36. The Morgan fingerprint density at radius 3 is 2.58 bits per heavy atom. The number of carbonyl (C=O) groups excluding carboxylic acids is 4. The van der Waals surface area contributed by atoms with Crippen LogP contribution in [0.25, 0.3) is 0 Å². The molecule has 2 aliphatic heterocycles. The number of ether oxygens (including phenoxy) is 1. The minimum atomic E-state index is -0.637. The quantitative estimate of drug-likeness (QED) is 0.201. The first-order valence-electron chi connectivity index (χ1n) is 14.5. The molecule has 8 heteroatoms. The van der Waals surface area contributed by atoms with Crippen molar-refractivity contribution in [2.24, 2.45) is 0 Å². The summed E-state index contributed by atoms with van der Waals surface area (Å²) >= 11 is 0. The van der Waals surface area contributed by atoms with Gasteiger partial charge >= 0.3 is 0 Å². The van der Waals surface area contributed by atoms with Crippen LogP contribution in [0.5, 0.6) is 5.75 Å². The van der Waals surface area contributed by atoms with Crippen molar-refractivity contribution in [3.8, 4) is 5.75 Å². The highest BCUT2D eigenvalue weighted by molar-refractivity contribution is 5.98. The van der Waals surface area contributed by atoms with Gasteiger partial charge in [-0.3, -0.25) is 19.7 Å². The van der Waals surface area contributed by atoms with Crippen LogP contribution in [-0.2, 0) is 19.2 Å². The maximum Gasteiger partial charge on any atom is 0.267 e. The Balaban J connectivity index is 1.56. The van der Waals surface area contributed by atoms with Crippen molar-refractivity contribution in [2.45, 2.75) is 108 Å². The second kappa shape index (κ2) is 16.3. The summed E-state index contributed by atoms with van der Waals surface area (Å²) in [6, 6.07) is 8.51. The Kier molecular flexibility index (Phi) is 12.8. The molecule has 3 amide bonds. The van der Waals surface area contributed by atoms with E-state index in [0.717, 1.165) is 88.5 Å². The molecule has 2 fully saturated rings. The number of hydrogen-bond acceptors (Lipinski definition) is 6. The number of nitrogens with zero attached hydrogens (tertiary/aromatic N) is 1. The molecule has 2 N–H and O–H groups in total. The molecule has 0 bridgehead atoms. The SMILES string of the molecule is CC(=O)NCCCC(CCCCCCC=O)N1CCC(c2ccccc2OC2CCCC(=O)NC2=O)CC1. The zero-order chi connectivity index (χ0) is 27.2. The zero-order valence-corrected chi connectivity index (χ0v) is 22.9. The number of piperidine rings is 1. The van der Waals surface area contributed by atoms with Gasteiger partial charge in [0.05, 0.1) is 0 Å². The number of amides is 3. The molecule has 2 atom stereocenters. The lowest BCUT2D eigenvalue weighted by Crippen LogP contribution is -2.41. The zero-order valence-electron chi connectivity index (χ0n) is 22.9. The monoisotopic (exact) mass is 527 g/mol. The largest absolute Gasteiger partial charge is 0.480 e. The molecule has 1 aromatic carbocycles. The summed E-state index contributed by atoms with van der Waals surface area (Å²) in [7, 11) is 0. The van der Waals surface area contributed by atoms with Gasteiger partial charge in [-0.15, -0.1) is 0 Å². The average Bonchev–Trinajstić information content (AvgIpc) is 3.07. The van der Waals surface area contributed by atoms with Crippen LogP contribution in [0.1, 0.15) is 102 Å². The third-order valence-corrected chi connectivity index (χ3v) is 7.80. The predicted octanol–water partition coefficient (Wildman–Crippen LogP) is 4.26. The summed E-state index contributed by atoms with van der Waals surface area (Å²) in [6.07, 6.45) is 12.2. The van der Waals surface area contributed by atoms with Crippen molar-refractivity contribution in [3.63, 3.8) is 0 Å². The molecule has 2 unspecified atom stereocenters. The van der Waals surface area contributed by atoms with Crippen molar-refractivity contribution in [1.82, 2.24) is 15.5 Å². The molecule has 2 aliphatic rings. The van der Waals surface area contributed by atoms with Crippen LogP contribution in [0.4, 0.5) is 0 Å². The van der Waals surface area contributed by atoms with Crippen LogP contribution < -0.4 is 15.4 Å². The molecule has 3 rings (SSSR count). The fraction of sp³-hybridized carbons (Fsp3) is 0.667. The van der Waals surface area contributed by atoms with Crippen LogP contribution in [0, 0.1) is 0 Å². The average molecular weight is 528 g/mol. The van der Waals surface area contributed by atoms with Crippen molar-refractivity contribution >= 4 is 24.0 Å². The number of carbonyl (C=O) groups is 4. The molecule has 0 spiro atoms. The molecule has 0 saturated carbocycles. The molecule has 38 heavy (non-hydrogen) atoms. The van der Waals surface area contributed by atoms with Gasteiger partial charge in [-0.2, -0.15) is 0 Å². The second-order valence-corrected chi connectivity index (χ2v) is 10.7. The van der Waals surface area contributed by atoms with E-state index in [1.165, 1.54) is 0 Å². The van der Waals surface area contributed by atoms with Gasteiger partial charge in [0.15, 0.2) is 6.10 Å². The summed E-state index contributed by atoms with van der Waals surface area (Å²) in [5.41, 5.74) is 1.15. The van der Waals surface area contributed by atoms with Crippen LogP contribution in [0.15, 0.2) is 24.3 Å². The van der Waals surface area contributed by atoms with E-state index in [4.69, 9.17) is 4.74 Å². The number of para-hydroxylation sites is 1. The highest BCUT2D eigenvalue weighted by Crippen LogP contribution is 2.36. The van der Waals surface area contributed by atoms with Crippen LogP contribution in [-0.4, -0.2) is 60.7 Å². The van der Waals surface area contributed by atoms with Gasteiger partial charge in [0, 0.05) is 32.4 Å². The number of rotatable bonds is 15. The number of nitrogens with one attached hydrogen (secondary N) is 2. The summed E-state index contributed by atoms with van der Waals surface area (Å²) in [6.45, 7) is 4.29. The molecule has 1 aromatic rings. The Bertz CT molecular complexity index is 913. The van der Waals surface area contributed by atoms with Gasteiger partial charge in [0.25, 0.3) is 5.91 Å². The van der Waals surface area contributed by atoms with Crippen molar-refractivity contribution in [1.29, 1.82) is 0 Å². The lowest BCUT2D eigenvalue weighted by molar-refractivity contribution is -0.133. The lowest BCUT2D eigenvalue weighted by atomic mass is 9.87. The van der Waals surface area contributed by atoms with Crippen molar-refractivity contribution in [2.75, 3.05) is 19.6 Å². The molecule has 8 nitrogen and oxygen atoms in total. The number of imide groups is 1. The maximum absolute atomic E-state index is 12.4. The molecular formula is C30H45N3O5. The normalized spacial score (nSPS) is 19.9. The van der Waals surface area contributed by atoms with Gasteiger partial charge in [0.1, 0.15) is 12.0 Å². The van der Waals surface area contributed by atoms with Gasteiger partial charge in [0.2, 0.25) is 11.8 Å². The highest BCUT2D eigenvalue weighted by atomic mass is 16.5. The van der Waals surface area contributed by atoms with Crippen molar-refractivity contribution in [3.05, 3.63) is 29.8 Å². The Labute approximate surface area is 227 Å². The predicted molar refractivity (Wildman–Crippen MR) is 147 cm³/mol. The first-order valence-corrected chi connectivity index (χ1v) is 14.5. The molecular weight excluding hydrogens is 482 g/mol. The first-order chi connectivity index (χ1) is 18.5. The fourth-order valence-corrected chi connectivity index (χ4v) is 5.70. The lowest BCUT2D eigenvalue weighted by Gasteiger charge is -2.38. The fourth-order valence-electron chi connectivity index (χ4n) is 5.70. The van der Waals surface area contributed by atoms with E-state index in [2.05, 4.69) is 21.6 Å². The summed E-state index contributed by atoms with van der Waals surface area (Å²) in [4.78, 5) is 48.6. The smallest absolute Gasteiger partial charge is 0.267 e.